The van der Waals surface area contributed by atoms with Crippen LogP contribution in [0.2, 0.25) is 0 Å². The molecule has 2 aromatic rings. The van der Waals surface area contributed by atoms with Crippen molar-refractivity contribution in [2.24, 2.45) is 0 Å². The highest BCUT2D eigenvalue weighted by molar-refractivity contribution is 7.86. The number of amides is 1. The minimum absolute atomic E-state index is 0.0895. The number of ether oxygens (including phenoxy) is 1. The smallest absolute Gasteiger partial charge is 0.307 e. The molecule has 0 unspecified atom stereocenters. The summed E-state index contributed by atoms with van der Waals surface area (Å²) >= 11 is 1.28. The zero-order valence-corrected chi connectivity index (χ0v) is 15.2. The van der Waals surface area contributed by atoms with E-state index in [0.29, 0.717) is 5.13 Å². The maximum atomic E-state index is 12.3. The molecule has 0 saturated carbocycles. The van der Waals surface area contributed by atoms with E-state index in [0.717, 1.165) is 11.9 Å². The van der Waals surface area contributed by atoms with Crippen LogP contribution in [0.15, 0.2) is 17.5 Å². The number of hydrogen-bond acceptors (Lipinski definition) is 8. The fourth-order valence-electron chi connectivity index (χ4n) is 1.69. The Morgan fingerprint density at radius 3 is 2.46 bits per heavy atom. The average Bonchev–Trinajstić information content (AvgIpc) is 2.80. The molecule has 0 saturated heterocycles. The summed E-state index contributed by atoms with van der Waals surface area (Å²) in [5, 5.41) is 4.87. The number of carbonyl (C=O) groups is 1. The number of thiazole rings is 1. The molecule has 2 rings (SSSR count). The Balaban J connectivity index is 2.32. The standard InChI is InChI=1S/C14H17N3O5S2/c1-8(2)21-11-5-10(6-12(16-11)22-24(4,19)20)13(18)17-14-15-9(3)7-23-14/h5-8H,1-4H3,(H,15,17,18). The van der Waals surface area contributed by atoms with Gasteiger partial charge in [0.05, 0.1) is 23.6 Å². The molecule has 0 aromatic carbocycles. The van der Waals surface area contributed by atoms with Crippen LogP contribution < -0.4 is 14.2 Å². The number of aromatic nitrogens is 2. The van der Waals surface area contributed by atoms with E-state index in [1.165, 1.54) is 23.5 Å². The Morgan fingerprint density at radius 1 is 1.25 bits per heavy atom. The van der Waals surface area contributed by atoms with Crippen LogP contribution in [0.5, 0.6) is 11.8 Å². The molecule has 2 heterocycles. The molecule has 2 aromatic heterocycles. The fraction of sp³-hybridized carbons (Fsp3) is 0.357. The first-order valence-electron chi connectivity index (χ1n) is 6.94. The highest BCUT2D eigenvalue weighted by Crippen LogP contribution is 2.22. The van der Waals surface area contributed by atoms with Crippen LogP contribution in [-0.4, -0.2) is 36.7 Å². The molecular formula is C14H17N3O5S2. The Hall–Kier alpha value is -2.20. The molecular weight excluding hydrogens is 354 g/mol. The minimum atomic E-state index is -3.78. The number of anilines is 1. The first-order chi connectivity index (χ1) is 11.1. The third kappa shape index (κ3) is 5.46. The molecule has 1 amide bonds. The van der Waals surface area contributed by atoms with E-state index in [1.54, 1.807) is 19.2 Å². The first kappa shape index (κ1) is 18.1. The molecule has 24 heavy (non-hydrogen) atoms. The molecule has 0 radical (unpaired) electrons. The molecule has 0 aliphatic carbocycles. The number of carbonyl (C=O) groups excluding carboxylic acids is 1. The number of pyridine rings is 1. The van der Waals surface area contributed by atoms with Crippen molar-refractivity contribution in [2.75, 3.05) is 11.6 Å². The van der Waals surface area contributed by atoms with Crippen molar-refractivity contribution in [1.82, 2.24) is 9.97 Å². The normalized spacial score (nSPS) is 11.4. The van der Waals surface area contributed by atoms with Crippen molar-refractivity contribution in [1.29, 1.82) is 0 Å². The molecule has 8 nitrogen and oxygen atoms in total. The summed E-state index contributed by atoms with van der Waals surface area (Å²) in [6, 6.07) is 2.63. The third-order valence-corrected chi connectivity index (χ3v) is 3.82. The van der Waals surface area contributed by atoms with Crippen LogP contribution in [0.1, 0.15) is 29.9 Å². The van der Waals surface area contributed by atoms with Gasteiger partial charge in [0, 0.05) is 17.5 Å². The summed E-state index contributed by atoms with van der Waals surface area (Å²) in [6.45, 7) is 5.37. The van der Waals surface area contributed by atoms with Gasteiger partial charge in [-0.3, -0.25) is 10.1 Å². The Morgan fingerprint density at radius 2 is 1.92 bits per heavy atom. The summed E-state index contributed by atoms with van der Waals surface area (Å²) in [7, 11) is -3.78. The lowest BCUT2D eigenvalue weighted by Crippen LogP contribution is -2.15. The predicted octanol–water partition coefficient (Wildman–Crippen LogP) is 2.22. The monoisotopic (exact) mass is 371 g/mol. The highest BCUT2D eigenvalue weighted by atomic mass is 32.2. The second kappa shape index (κ2) is 7.14. The van der Waals surface area contributed by atoms with E-state index >= 15 is 0 Å². The van der Waals surface area contributed by atoms with Crippen molar-refractivity contribution < 1.29 is 22.1 Å². The maximum absolute atomic E-state index is 12.3. The lowest BCUT2D eigenvalue weighted by atomic mass is 10.2. The predicted molar refractivity (Wildman–Crippen MR) is 90.3 cm³/mol. The van der Waals surface area contributed by atoms with Crippen LogP contribution in [0.3, 0.4) is 0 Å². The van der Waals surface area contributed by atoms with Gasteiger partial charge in [0.1, 0.15) is 0 Å². The van der Waals surface area contributed by atoms with E-state index in [4.69, 9.17) is 8.92 Å². The highest BCUT2D eigenvalue weighted by Gasteiger charge is 2.16. The van der Waals surface area contributed by atoms with Crippen molar-refractivity contribution in [3.8, 4) is 11.8 Å². The quantitative estimate of drug-likeness (QED) is 0.776. The third-order valence-electron chi connectivity index (χ3n) is 2.47. The topological polar surface area (TPSA) is 107 Å². The molecule has 0 fully saturated rings. The van der Waals surface area contributed by atoms with Crippen LogP contribution in [0.25, 0.3) is 0 Å². The second-order valence-corrected chi connectivity index (χ2v) is 7.67. The lowest BCUT2D eigenvalue weighted by Gasteiger charge is -2.12. The molecule has 130 valence electrons. The van der Waals surface area contributed by atoms with E-state index in [2.05, 4.69) is 15.3 Å². The number of nitrogens with one attached hydrogen (secondary N) is 1. The van der Waals surface area contributed by atoms with Gasteiger partial charge in [-0.25, -0.2) is 4.98 Å². The van der Waals surface area contributed by atoms with Crippen LogP contribution in [0.4, 0.5) is 5.13 Å². The van der Waals surface area contributed by atoms with E-state index in [-0.39, 0.29) is 23.4 Å². The summed E-state index contributed by atoms with van der Waals surface area (Å²) in [5.74, 6) is -0.624. The average molecular weight is 371 g/mol. The van der Waals surface area contributed by atoms with Gasteiger partial charge in [-0.1, -0.05) is 0 Å². The summed E-state index contributed by atoms with van der Waals surface area (Å²) in [6.07, 6.45) is 0.687. The molecule has 0 aliphatic heterocycles. The minimum Gasteiger partial charge on any atom is -0.475 e. The van der Waals surface area contributed by atoms with Crippen LogP contribution in [0, 0.1) is 6.92 Å². The Labute approximate surface area is 144 Å². The maximum Gasteiger partial charge on any atom is 0.307 e. The van der Waals surface area contributed by atoms with Gasteiger partial charge in [0.15, 0.2) is 5.13 Å². The largest absolute Gasteiger partial charge is 0.475 e. The lowest BCUT2D eigenvalue weighted by molar-refractivity contribution is 0.102. The van der Waals surface area contributed by atoms with Gasteiger partial charge in [0.2, 0.25) is 11.8 Å². The summed E-state index contributed by atoms with van der Waals surface area (Å²) in [5.41, 5.74) is 0.933. The number of rotatable bonds is 6. The van der Waals surface area contributed by atoms with E-state index in [1.807, 2.05) is 6.92 Å². The SMILES string of the molecule is Cc1csc(NC(=O)c2cc(OC(C)C)nc(OS(C)(=O)=O)c2)n1. The summed E-state index contributed by atoms with van der Waals surface area (Å²) in [4.78, 5) is 20.4. The molecule has 0 atom stereocenters. The first-order valence-corrected chi connectivity index (χ1v) is 9.63. The zero-order chi connectivity index (χ0) is 17.9. The van der Waals surface area contributed by atoms with Crippen molar-refractivity contribution in [3.05, 3.63) is 28.8 Å². The molecule has 0 spiro atoms. The Bertz CT molecular complexity index is 846. The summed E-state index contributed by atoms with van der Waals surface area (Å²) < 4.78 is 32.8. The van der Waals surface area contributed by atoms with E-state index < -0.39 is 16.0 Å². The molecule has 0 bridgehead atoms. The van der Waals surface area contributed by atoms with Crippen molar-refractivity contribution in [3.63, 3.8) is 0 Å². The molecule has 10 heteroatoms. The van der Waals surface area contributed by atoms with E-state index in [9.17, 15) is 13.2 Å². The zero-order valence-electron chi connectivity index (χ0n) is 13.6. The number of hydrogen-bond donors (Lipinski definition) is 1. The van der Waals surface area contributed by atoms with Crippen molar-refractivity contribution in [2.45, 2.75) is 26.9 Å². The van der Waals surface area contributed by atoms with Gasteiger partial charge in [-0.15, -0.1) is 11.3 Å². The van der Waals surface area contributed by atoms with Crippen molar-refractivity contribution >= 4 is 32.5 Å². The van der Waals surface area contributed by atoms with Crippen LogP contribution in [-0.2, 0) is 10.1 Å². The number of nitrogens with zero attached hydrogens (tertiary/aromatic N) is 2. The fourth-order valence-corrected chi connectivity index (χ4v) is 2.77. The van der Waals surface area contributed by atoms with Gasteiger partial charge in [-0.2, -0.15) is 13.4 Å². The van der Waals surface area contributed by atoms with Crippen LogP contribution >= 0.6 is 11.3 Å². The number of aryl methyl sites for hydroxylation is 1. The Kier molecular flexibility index (Phi) is 5.40. The molecule has 0 aliphatic rings. The molecule has 1 N–H and O–H groups in total. The second-order valence-electron chi connectivity index (χ2n) is 5.23. The van der Waals surface area contributed by atoms with Gasteiger partial charge < -0.3 is 8.92 Å². The van der Waals surface area contributed by atoms with Gasteiger partial charge in [-0.05, 0) is 20.8 Å². The van der Waals surface area contributed by atoms with Gasteiger partial charge >= 0.3 is 10.1 Å². The van der Waals surface area contributed by atoms with Gasteiger partial charge in [0.25, 0.3) is 5.91 Å².